The van der Waals surface area contributed by atoms with Gasteiger partial charge in [-0.3, -0.25) is 9.59 Å². The summed E-state index contributed by atoms with van der Waals surface area (Å²) in [6.45, 7) is 0.494. The number of methoxy groups -OCH3 is 1. The molecule has 1 amide bonds. The summed E-state index contributed by atoms with van der Waals surface area (Å²) in [5, 5.41) is 0. The van der Waals surface area contributed by atoms with E-state index in [0.717, 1.165) is 31.4 Å². The van der Waals surface area contributed by atoms with Crippen molar-refractivity contribution < 1.29 is 14.3 Å². The molecule has 1 aliphatic heterocycles. The first-order valence-corrected chi connectivity index (χ1v) is 7.73. The Balaban J connectivity index is 1.92. The molecule has 0 bridgehead atoms. The summed E-state index contributed by atoms with van der Waals surface area (Å²) < 4.78 is 5.24. The number of Topliss-reactive ketones (excluding diaryl/α,β-unsaturated/α-hetero) is 1. The molecular formula is C17H21NO3. The molecular weight excluding hydrogens is 266 g/mol. The van der Waals surface area contributed by atoms with Gasteiger partial charge >= 0.3 is 0 Å². The standard InChI is InChI=1S/C17H21NO3/c1-21-13-7-8-14-15(11-13)18(10-9-16(14)19)17(20)12-5-3-2-4-6-12/h7-8,11-12H,2-6,9-10H2,1H3. The summed E-state index contributed by atoms with van der Waals surface area (Å²) in [6, 6.07) is 5.37. The number of benzene rings is 1. The van der Waals surface area contributed by atoms with Crippen LogP contribution in [-0.2, 0) is 4.79 Å². The van der Waals surface area contributed by atoms with Crippen LogP contribution < -0.4 is 9.64 Å². The summed E-state index contributed by atoms with van der Waals surface area (Å²) in [7, 11) is 1.60. The maximum Gasteiger partial charge on any atom is 0.230 e. The zero-order chi connectivity index (χ0) is 14.8. The number of rotatable bonds is 2. The third-order valence-electron chi connectivity index (χ3n) is 4.58. The average molecular weight is 287 g/mol. The third kappa shape index (κ3) is 2.67. The molecule has 0 atom stereocenters. The van der Waals surface area contributed by atoms with E-state index in [9.17, 15) is 9.59 Å². The Morgan fingerprint density at radius 3 is 2.71 bits per heavy atom. The lowest BCUT2D eigenvalue weighted by atomic mass is 9.87. The van der Waals surface area contributed by atoms with Crippen LogP contribution in [0.3, 0.4) is 0 Å². The number of carbonyl (C=O) groups excluding carboxylic acids is 2. The molecule has 1 heterocycles. The molecule has 1 aliphatic carbocycles. The highest BCUT2D eigenvalue weighted by Crippen LogP contribution is 2.34. The van der Waals surface area contributed by atoms with E-state index >= 15 is 0 Å². The summed E-state index contributed by atoms with van der Waals surface area (Å²) >= 11 is 0. The van der Waals surface area contributed by atoms with Gasteiger partial charge in [-0.05, 0) is 25.0 Å². The minimum absolute atomic E-state index is 0.111. The van der Waals surface area contributed by atoms with Gasteiger partial charge in [0.15, 0.2) is 5.78 Å². The molecule has 1 fully saturated rings. The molecule has 1 aromatic carbocycles. The van der Waals surface area contributed by atoms with E-state index in [0.29, 0.717) is 24.3 Å². The molecule has 4 nitrogen and oxygen atoms in total. The molecule has 0 spiro atoms. The van der Waals surface area contributed by atoms with Crippen molar-refractivity contribution in [3.63, 3.8) is 0 Å². The summed E-state index contributed by atoms with van der Waals surface area (Å²) in [4.78, 5) is 26.6. The lowest BCUT2D eigenvalue weighted by Gasteiger charge is -2.33. The molecule has 0 N–H and O–H groups in total. The van der Waals surface area contributed by atoms with Crippen molar-refractivity contribution in [3.8, 4) is 5.75 Å². The van der Waals surface area contributed by atoms with Crippen molar-refractivity contribution in [3.05, 3.63) is 23.8 Å². The first kappa shape index (κ1) is 14.1. The van der Waals surface area contributed by atoms with Crippen molar-refractivity contribution >= 4 is 17.4 Å². The minimum Gasteiger partial charge on any atom is -0.497 e. The Labute approximate surface area is 125 Å². The van der Waals surface area contributed by atoms with Gasteiger partial charge < -0.3 is 9.64 Å². The number of hydrogen-bond acceptors (Lipinski definition) is 3. The Morgan fingerprint density at radius 2 is 2.00 bits per heavy atom. The number of nitrogens with zero attached hydrogens (tertiary/aromatic N) is 1. The first-order chi connectivity index (χ1) is 10.2. The Bertz CT molecular complexity index is 561. The number of ketones is 1. The Hall–Kier alpha value is -1.84. The number of carbonyl (C=O) groups is 2. The van der Waals surface area contributed by atoms with E-state index in [1.54, 1.807) is 24.1 Å². The minimum atomic E-state index is 0.111. The van der Waals surface area contributed by atoms with Gasteiger partial charge in [0.2, 0.25) is 5.91 Å². The molecule has 0 unspecified atom stereocenters. The van der Waals surface area contributed by atoms with Crippen LogP contribution in [0, 0.1) is 5.92 Å². The molecule has 21 heavy (non-hydrogen) atoms. The van der Waals surface area contributed by atoms with E-state index in [-0.39, 0.29) is 17.6 Å². The molecule has 3 rings (SSSR count). The lowest BCUT2D eigenvalue weighted by Crippen LogP contribution is -2.41. The van der Waals surface area contributed by atoms with Gasteiger partial charge in [-0.15, -0.1) is 0 Å². The third-order valence-corrected chi connectivity index (χ3v) is 4.58. The second-order valence-corrected chi connectivity index (χ2v) is 5.88. The maximum absolute atomic E-state index is 12.8. The maximum atomic E-state index is 12.8. The van der Waals surface area contributed by atoms with Crippen LogP contribution in [0.15, 0.2) is 18.2 Å². The second-order valence-electron chi connectivity index (χ2n) is 5.88. The van der Waals surface area contributed by atoms with Crippen molar-refractivity contribution in [2.24, 2.45) is 5.92 Å². The van der Waals surface area contributed by atoms with Crippen LogP contribution in [0.2, 0.25) is 0 Å². The molecule has 1 saturated carbocycles. The van der Waals surface area contributed by atoms with Gasteiger partial charge in [-0.1, -0.05) is 19.3 Å². The second kappa shape index (κ2) is 5.88. The number of hydrogen-bond donors (Lipinski definition) is 0. The fourth-order valence-electron chi connectivity index (χ4n) is 3.36. The van der Waals surface area contributed by atoms with Gasteiger partial charge in [-0.25, -0.2) is 0 Å². The zero-order valence-corrected chi connectivity index (χ0v) is 12.4. The van der Waals surface area contributed by atoms with Crippen LogP contribution in [0.5, 0.6) is 5.75 Å². The molecule has 4 heteroatoms. The predicted molar refractivity (Wildman–Crippen MR) is 80.9 cm³/mol. The highest BCUT2D eigenvalue weighted by molar-refractivity contribution is 6.09. The number of anilines is 1. The van der Waals surface area contributed by atoms with E-state index in [4.69, 9.17) is 4.74 Å². The molecule has 1 aromatic rings. The SMILES string of the molecule is COc1ccc2c(c1)N(C(=O)C1CCCCC1)CCC2=O. The van der Waals surface area contributed by atoms with E-state index in [1.807, 2.05) is 6.07 Å². The topological polar surface area (TPSA) is 46.6 Å². The first-order valence-electron chi connectivity index (χ1n) is 7.73. The zero-order valence-electron chi connectivity index (χ0n) is 12.4. The molecule has 2 aliphatic rings. The molecule has 0 saturated heterocycles. The van der Waals surface area contributed by atoms with Crippen LogP contribution in [0.4, 0.5) is 5.69 Å². The van der Waals surface area contributed by atoms with Gasteiger partial charge in [0.1, 0.15) is 5.75 Å². The van der Waals surface area contributed by atoms with Crippen molar-refractivity contribution in [2.45, 2.75) is 38.5 Å². The highest BCUT2D eigenvalue weighted by Gasteiger charge is 2.32. The van der Waals surface area contributed by atoms with E-state index in [2.05, 4.69) is 0 Å². The van der Waals surface area contributed by atoms with Crippen LogP contribution in [-0.4, -0.2) is 25.3 Å². The largest absolute Gasteiger partial charge is 0.497 e. The lowest BCUT2D eigenvalue weighted by molar-refractivity contribution is -0.123. The summed E-state index contributed by atoms with van der Waals surface area (Å²) in [6.07, 6.45) is 5.86. The van der Waals surface area contributed by atoms with Crippen LogP contribution >= 0.6 is 0 Å². The predicted octanol–water partition coefficient (Wildman–Crippen LogP) is 3.19. The Morgan fingerprint density at radius 1 is 1.24 bits per heavy atom. The number of ether oxygens (including phenoxy) is 1. The normalized spacial score (nSPS) is 19.3. The fraction of sp³-hybridized carbons (Fsp3) is 0.529. The molecule has 0 aromatic heterocycles. The highest BCUT2D eigenvalue weighted by atomic mass is 16.5. The Kier molecular flexibility index (Phi) is 3.95. The fourth-order valence-corrected chi connectivity index (χ4v) is 3.36. The number of fused-ring (bicyclic) bond motifs is 1. The molecule has 112 valence electrons. The smallest absolute Gasteiger partial charge is 0.230 e. The van der Waals surface area contributed by atoms with Gasteiger partial charge in [0.25, 0.3) is 0 Å². The average Bonchev–Trinajstić information content (AvgIpc) is 2.55. The van der Waals surface area contributed by atoms with Gasteiger partial charge in [-0.2, -0.15) is 0 Å². The summed E-state index contributed by atoms with van der Waals surface area (Å²) in [5.41, 5.74) is 1.37. The van der Waals surface area contributed by atoms with Crippen molar-refractivity contribution in [2.75, 3.05) is 18.6 Å². The molecule has 0 radical (unpaired) electrons. The quantitative estimate of drug-likeness (QED) is 0.839. The van der Waals surface area contributed by atoms with Gasteiger partial charge in [0, 0.05) is 30.5 Å². The number of amides is 1. The van der Waals surface area contributed by atoms with Crippen LogP contribution in [0.25, 0.3) is 0 Å². The summed E-state index contributed by atoms with van der Waals surface area (Å²) in [5.74, 6) is 1.09. The van der Waals surface area contributed by atoms with E-state index in [1.165, 1.54) is 6.42 Å². The van der Waals surface area contributed by atoms with Crippen molar-refractivity contribution in [1.29, 1.82) is 0 Å². The monoisotopic (exact) mass is 287 g/mol. The van der Waals surface area contributed by atoms with Gasteiger partial charge in [0.05, 0.1) is 12.8 Å². The van der Waals surface area contributed by atoms with Crippen LogP contribution in [0.1, 0.15) is 48.9 Å². The van der Waals surface area contributed by atoms with Crippen molar-refractivity contribution in [1.82, 2.24) is 0 Å². The van der Waals surface area contributed by atoms with E-state index < -0.39 is 0 Å².